The lowest BCUT2D eigenvalue weighted by Gasteiger charge is -2.11. The van der Waals surface area contributed by atoms with E-state index in [1.165, 1.54) is 36.4 Å². The van der Waals surface area contributed by atoms with Crippen molar-refractivity contribution in [1.29, 1.82) is 0 Å². The molecule has 11 heteroatoms. The topological polar surface area (TPSA) is 136 Å². The fourth-order valence-electron chi connectivity index (χ4n) is 3.89. The molecule has 3 aromatic carbocycles. The predicted octanol–water partition coefficient (Wildman–Crippen LogP) is 5.75. The largest absolute Gasteiger partial charge is 0.490 e. The number of non-ortho nitro benzene ring substituents is 1. The van der Waals surface area contributed by atoms with Gasteiger partial charge in [0.25, 0.3) is 5.69 Å². The second-order valence-corrected chi connectivity index (χ2v) is 8.61. The first-order valence-electron chi connectivity index (χ1n) is 13.1. The van der Waals surface area contributed by atoms with Crippen LogP contribution in [0.5, 0.6) is 23.0 Å². The van der Waals surface area contributed by atoms with Crippen molar-refractivity contribution < 1.29 is 38.2 Å². The number of carbonyl (C=O) groups is 2. The molecule has 0 amide bonds. The van der Waals surface area contributed by atoms with Crippen LogP contribution in [0.3, 0.4) is 0 Å². The Bertz CT molecular complexity index is 1590. The summed E-state index contributed by atoms with van der Waals surface area (Å²) >= 11 is 0. The first-order chi connectivity index (χ1) is 20.3. The first kappa shape index (κ1) is 29.5. The van der Waals surface area contributed by atoms with Crippen molar-refractivity contribution >= 4 is 35.7 Å². The maximum Gasteiger partial charge on any atom is 0.363 e. The number of nitrogens with zero attached hydrogens (tertiary/aromatic N) is 2. The second-order valence-electron chi connectivity index (χ2n) is 8.61. The minimum absolute atomic E-state index is 0.0731. The fourth-order valence-corrected chi connectivity index (χ4v) is 3.89. The highest BCUT2D eigenvalue weighted by Crippen LogP contribution is 2.32. The molecule has 0 fully saturated rings. The minimum Gasteiger partial charge on any atom is -0.490 e. The number of nitro groups is 1. The van der Waals surface area contributed by atoms with Gasteiger partial charge in [-0.25, -0.2) is 14.6 Å². The van der Waals surface area contributed by atoms with Crippen molar-refractivity contribution in [2.24, 2.45) is 4.99 Å². The number of esters is 2. The van der Waals surface area contributed by atoms with Crippen LogP contribution in [0.2, 0.25) is 0 Å². The van der Waals surface area contributed by atoms with Gasteiger partial charge >= 0.3 is 11.9 Å². The molecule has 0 spiro atoms. The van der Waals surface area contributed by atoms with Crippen LogP contribution in [-0.4, -0.2) is 42.6 Å². The third-order valence-electron chi connectivity index (χ3n) is 5.69. The van der Waals surface area contributed by atoms with Crippen LogP contribution >= 0.6 is 0 Å². The van der Waals surface area contributed by atoms with E-state index in [0.717, 1.165) is 6.08 Å². The van der Waals surface area contributed by atoms with Crippen LogP contribution < -0.4 is 18.9 Å². The van der Waals surface area contributed by atoms with Gasteiger partial charge in [0.2, 0.25) is 5.90 Å². The summed E-state index contributed by atoms with van der Waals surface area (Å²) in [6, 6.07) is 15.8. The van der Waals surface area contributed by atoms with Gasteiger partial charge in [-0.1, -0.05) is 18.2 Å². The average Bonchev–Trinajstić information content (AvgIpc) is 3.34. The van der Waals surface area contributed by atoms with E-state index in [0.29, 0.717) is 48.0 Å². The van der Waals surface area contributed by atoms with Crippen molar-refractivity contribution in [3.63, 3.8) is 0 Å². The molecule has 0 atom stereocenters. The number of carbonyl (C=O) groups excluding carboxylic acids is 2. The molecule has 3 aromatic rings. The summed E-state index contributed by atoms with van der Waals surface area (Å²) in [5.74, 6) is 0.310. The highest BCUT2D eigenvalue weighted by Gasteiger charge is 2.25. The molecule has 4 rings (SSSR count). The number of benzene rings is 3. The summed E-state index contributed by atoms with van der Waals surface area (Å²) in [6.07, 6.45) is 4.11. The number of hydrogen-bond donors (Lipinski definition) is 0. The summed E-state index contributed by atoms with van der Waals surface area (Å²) in [5, 5.41) is 11.0. The third kappa shape index (κ3) is 7.39. The molecule has 0 radical (unpaired) electrons. The summed E-state index contributed by atoms with van der Waals surface area (Å²) in [5.41, 5.74) is 1.56. The zero-order valence-corrected chi connectivity index (χ0v) is 23.2. The van der Waals surface area contributed by atoms with E-state index in [4.69, 9.17) is 23.7 Å². The van der Waals surface area contributed by atoms with Gasteiger partial charge in [-0.15, -0.1) is 0 Å². The summed E-state index contributed by atoms with van der Waals surface area (Å²) in [4.78, 5) is 39.9. The smallest absolute Gasteiger partial charge is 0.363 e. The monoisotopic (exact) mass is 572 g/mol. The van der Waals surface area contributed by atoms with Gasteiger partial charge in [0.15, 0.2) is 28.7 Å². The van der Waals surface area contributed by atoms with Crippen molar-refractivity contribution in [2.75, 3.05) is 19.8 Å². The number of ether oxygens (including phenoxy) is 5. The average molecular weight is 573 g/mol. The van der Waals surface area contributed by atoms with Gasteiger partial charge in [0, 0.05) is 23.8 Å². The van der Waals surface area contributed by atoms with Gasteiger partial charge in [-0.05, 0) is 74.4 Å². The van der Waals surface area contributed by atoms with Gasteiger partial charge in [0.1, 0.15) is 0 Å². The molecule has 0 bridgehead atoms. The number of rotatable bonds is 12. The lowest BCUT2D eigenvalue weighted by atomic mass is 10.1. The molecule has 11 nitrogen and oxygen atoms in total. The van der Waals surface area contributed by atoms with Crippen molar-refractivity contribution in [1.82, 2.24) is 0 Å². The zero-order valence-electron chi connectivity index (χ0n) is 23.2. The van der Waals surface area contributed by atoms with Crippen LogP contribution in [0.25, 0.3) is 12.2 Å². The highest BCUT2D eigenvalue weighted by molar-refractivity contribution is 6.13. The predicted molar refractivity (Wildman–Crippen MR) is 155 cm³/mol. The van der Waals surface area contributed by atoms with Crippen LogP contribution in [0.4, 0.5) is 5.69 Å². The number of cyclic esters (lactones) is 1. The second kappa shape index (κ2) is 13.8. The van der Waals surface area contributed by atoms with Crippen LogP contribution in [0.15, 0.2) is 77.4 Å². The minimum atomic E-state index is -0.705. The number of aliphatic imine (C=N–C) groups is 1. The Morgan fingerprint density at radius 2 is 1.57 bits per heavy atom. The van der Waals surface area contributed by atoms with Crippen LogP contribution in [0, 0.1) is 10.1 Å². The lowest BCUT2D eigenvalue weighted by molar-refractivity contribution is -0.384. The van der Waals surface area contributed by atoms with Crippen LogP contribution in [0.1, 0.15) is 37.5 Å². The Kier molecular flexibility index (Phi) is 9.67. The molecule has 0 aliphatic carbocycles. The molecule has 0 aromatic heterocycles. The molecule has 42 heavy (non-hydrogen) atoms. The van der Waals surface area contributed by atoms with Crippen LogP contribution in [-0.2, 0) is 14.3 Å². The Labute approximate surface area is 241 Å². The fraction of sp³-hybridized carbons (Fsp3) is 0.194. The maximum absolute atomic E-state index is 12.6. The lowest BCUT2D eigenvalue weighted by Crippen LogP contribution is -2.07. The Balaban J connectivity index is 1.53. The van der Waals surface area contributed by atoms with Crippen molar-refractivity contribution in [3.05, 3.63) is 99.2 Å². The normalized spacial score (nSPS) is 13.5. The van der Waals surface area contributed by atoms with E-state index in [2.05, 4.69) is 4.99 Å². The summed E-state index contributed by atoms with van der Waals surface area (Å²) < 4.78 is 27.7. The Hall–Kier alpha value is -5.45. The zero-order chi connectivity index (χ0) is 30.1. The molecular formula is C31H28N2O9. The molecule has 0 saturated carbocycles. The van der Waals surface area contributed by atoms with Crippen molar-refractivity contribution in [3.8, 4) is 23.0 Å². The van der Waals surface area contributed by atoms with Gasteiger partial charge in [0.05, 0.1) is 24.7 Å². The summed E-state index contributed by atoms with van der Waals surface area (Å²) in [7, 11) is 0. The SMILES string of the molecule is CCOc1ccc(C2=N/C(=C\c3ccc(OC(=O)/C=C/c4cccc([N+](=O)[O-])c4)c(OCC)c3)C(=O)O2)cc1OCC. The molecular weight excluding hydrogens is 544 g/mol. The molecule has 1 heterocycles. The molecule has 1 aliphatic heterocycles. The molecule has 1 aliphatic rings. The molecule has 216 valence electrons. The molecule has 0 unspecified atom stereocenters. The van der Waals surface area contributed by atoms with E-state index in [1.807, 2.05) is 13.8 Å². The summed E-state index contributed by atoms with van der Waals surface area (Å²) in [6.45, 7) is 6.70. The van der Waals surface area contributed by atoms with E-state index in [1.54, 1.807) is 43.3 Å². The van der Waals surface area contributed by atoms with E-state index in [9.17, 15) is 19.7 Å². The Morgan fingerprint density at radius 3 is 2.29 bits per heavy atom. The van der Waals surface area contributed by atoms with Gasteiger partial charge in [-0.2, -0.15) is 0 Å². The Morgan fingerprint density at radius 1 is 0.881 bits per heavy atom. The first-order valence-corrected chi connectivity index (χ1v) is 13.1. The third-order valence-corrected chi connectivity index (χ3v) is 5.69. The van der Waals surface area contributed by atoms with Gasteiger partial charge in [-0.3, -0.25) is 10.1 Å². The molecule has 0 N–H and O–H groups in total. The van der Waals surface area contributed by atoms with E-state index >= 15 is 0 Å². The number of hydrogen-bond acceptors (Lipinski definition) is 10. The van der Waals surface area contributed by atoms with E-state index < -0.39 is 16.9 Å². The molecule has 0 saturated heterocycles. The van der Waals surface area contributed by atoms with Crippen molar-refractivity contribution in [2.45, 2.75) is 20.8 Å². The van der Waals surface area contributed by atoms with E-state index in [-0.39, 0.29) is 28.8 Å². The standard InChI is InChI=1S/C31H28N2O9/c1-4-38-25-14-12-22(19-28(25)40-6-3)30-32-24(31(35)42-30)17-21-10-13-26(27(18-21)39-5-2)41-29(34)15-11-20-8-7-9-23(16-20)33(36)37/h7-19H,4-6H2,1-3H3/b15-11+,24-17-. The quantitative estimate of drug-likeness (QED) is 0.0873. The highest BCUT2D eigenvalue weighted by atomic mass is 16.6. The maximum atomic E-state index is 12.6. The number of nitro benzene ring substituents is 1. The van der Waals surface area contributed by atoms with Gasteiger partial charge < -0.3 is 23.7 Å².